The van der Waals surface area contributed by atoms with Gasteiger partial charge in [0.25, 0.3) is 0 Å². The Morgan fingerprint density at radius 3 is 0.477 bits per heavy atom. The average Bonchev–Trinajstić information content (AvgIpc) is 3.07. The first-order valence-electron chi connectivity index (χ1n) is 14.2. The number of hydrogen-bond acceptors (Lipinski definition) is 6. The molecule has 0 radical (unpaired) electrons. The van der Waals surface area contributed by atoms with E-state index in [1.807, 2.05) is 182 Å². The number of rotatable bonds is 13. The molecule has 0 aliphatic carbocycles. The van der Waals surface area contributed by atoms with E-state index in [4.69, 9.17) is 26.6 Å². The Balaban J connectivity index is 1.64. The van der Waals surface area contributed by atoms with Gasteiger partial charge < -0.3 is 26.6 Å². The summed E-state index contributed by atoms with van der Waals surface area (Å²) in [5.74, 6) is 3.04. The molecule has 0 N–H and O–H groups in total. The van der Waals surface area contributed by atoms with Crippen molar-refractivity contribution in [1.29, 1.82) is 0 Å². The average molecular weight is 615 g/mol. The lowest BCUT2D eigenvalue weighted by Gasteiger charge is -2.39. The van der Waals surface area contributed by atoms with Crippen molar-refractivity contribution in [2.45, 2.75) is 0 Å². The number of hydrogen-bond donors (Lipinski definition) is 0. The van der Waals surface area contributed by atoms with Crippen molar-refractivity contribution in [3.8, 4) is 34.5 Å². The van der Waals surface area contributed by atoms with E-state index in [1.165, 1.54) is 0 Å². The van der Waals surface area contributed by atoms with Gasteiger partial charge >= 0.3 is 16.6 Å². The molecule has 6 nitrogen and oxygen atoms in total. The molecule has 6 aromatic rings. The second-order valence-electron chi connectivity index (χ2n) is 9.60. The van der Waals surface area contributed by atoms with E-state index >= 15 is 0 Å². The molecular formula is C36H30O6Si2. The minimum absolute atomic E-state index is 0.507. The van der Waals surface area contributed by atoms with Gasteiger partial charge in [0.05, 0.1) is 0 Å². The normalized spacial score (nSPS) is 11.2. The fraction of sp³-hybridized carbons (Fsp3) is 0. The highest BCUT2D eigenvalue weighted by atomic mass is 29.3. The smallest absolute Gasteiger partial charge is 0.479 e. The van der Waals surface area contributed by atoms with Gasteiger partial charge in [0, 0.05) is 0 Å². The highest BCUT2D eigenvalue weighted by molar-refractivity contribution is 7.28. The first-order chi connectivity index (χ1) is 21.7. The maximum absolute atomic E-state index is 6.97. The van der Waals surface area contributed by atoms with Crippen molar-refractivity contribution in [1.82, 2.24) is 0 Å². The summed E-state index contributed by atoms with van der Waals surface area (Å²) in [5, 5.41) is 0. The van der Waals surface area contributed by atoms with Gasteiger partial charge in [-0.15, -0.1) is 0 Å². The molecule has 44 heavy (non-hydrogen) atoms. The van der Waals surface area contributed by atoms with Crippen LogP contribution >= 0.6 is 0 Å². The summed E-state index contributed by atoms with van der Waals surface area (Å²) in [5.41, 5.74) is 0. The minimum atomic E-state index is -4.37. The van der Waals surface area contributed by atoms with Gasteiger partial charge in [-0.3, -0.25) is 0 Å². The van der Waals surface area contributed by atoms with Crippen molar-refractivity contribution < 1.29 is 26.6 Å². The molecule has 8 heteroatoms. The Kier molecular flexibility index (Phi) is 8.91. The third-order valence-corrected chi connectivity index (χ3v) is 14.2. The zero-order chi connectivity index (χ0) is 29.9. The summed E-state index contributed by atoms with van der Waals surface area (Å²) < 4.78 is 41.8. The standard InChI is InChI=1S/C36H30O6Si2/c1-7-19-31(20-8-1)37-43(38-32-21-9-2-10-22-32,39-33-23-11-3-12-24-33)44(40-34-25-13-4-14-26-34,41-35-27-15-5-16-28-35)42-36-29-17-6-18-30-36/h1-30H. The Labute approximate surface area is 259 Å². The van der Waals surface area contributed by atoms with Crippen LogP contribution in [-0.2, 0) is 0 Å². The molecule has 6 rings (SSSR count). The van der Waals surface area contributed by atoms with Crippen molar-refractivity contribution in [2.24, 2.45) is 0 Å². The van der Waals surface area contributed by atoms with Crippen LogP contribution in [0.25, 0.3) is 0 Å². The molecule has 0 heterocycles. The highest BCUT2D eigenvalue weighted by Gasteiger charge is 2.86. The van der Waals surface area contributed by atoms with Crippen LogP contribution < -0.4 is 26.6 Å². The third kappa shape index (κ3) is 6.95. The topological polar surface area (TPSA) is 55.4 Å². The molecule has 0 saturated heterocycles. The Hall–Kier alpha value is -5.45. The largest absolute Gasteiger partial charge is 0.818 e. The molecule has 0 aromatic heterocycles. The quantitative estimate of drug-likeness (QED) is 0.122. The molecule has 218 valence electrons. The van der Waals surface area contributed by atoms with Gasteiger partial charge in [0.1, 0.15) is 34.5 Å². The van der Waals surface area contributed by atoms with E-state index in [0.29, 0.717) is 34.5 Å². The summed E-state index contributed by atoms with van der Waals surface area (Å²) in [6, 6.07) is 56.3. The second-order valence-corrected chi connectivity index (χ2v) is 16.7. The summed E-state index contributed by atoms with van der Waals surface area (Å²) in [6.07, 6.45) is 0. The van der Waals surface area contributed by atoms with E-state index in [1.54, 1.807) is 0 Å². The summed E-state index contributed by atoms with van der Waals surface area (Å²) in [7, 11) is -8.75. The summed E-state index contributed by atoms with van der Waals surface area (Å²) in [6.45, 7) is 0. The fourth-order valence-corrected chi connectivity index (χ4v) is 12.4. The number of benzene rings is 6. The maximum atomic E-state index is 6.97. The molecule has 0 unspecified atom stereocenters. The van der Waals surface area contributed by atoms with E-state index in [9.17, 15) is 0 Å². The van der Waals surface area contributed by atoms with Crippen LogP contribution in [0.2, 0.25) is 0 Å². The Morgan fingerprint density at radius 1 is 0.205 bits per heavy atom. The molecule has 0 spiro atoms. The van der Waals surface area contributed by atoms with Crippen LogP contribution in [0.3, 0.4) is 0 Å². The van der Waals surface area contributed by atoms with E-state index in [-0.39, 0.29) is 0 Å². The lowest BCUT2D eigenvalue weighted by molar-refractivity contribution is 0.209. The molecule has 0 bridgehead atoms. The number of para-hydroxylation sites is 6. The highest BCUT2D eigenvalue weighted by Crippen LogP contribution is 2.35. The van der Waals surface area contributed by atoms with Crippen molar-refractivity contribution in [2.75, 3.05) is 0 Å². The Morgan fingerprint density at radius 2 is 0.341 bits per heavy atom. The maximum Gasteiger partial charge on any atom is 0.818 e. The summed E-state index contributed by atoms with van der Waals surface area (Å²) in [4.78, 5) is 0. The van der Waals surface area contributed by atoms with Gasteiger partial charge in [-0.1, -0.05) is 109 Å². The summed E-state index contributed by atoms with van der Waals surface area (Å²) >= 11 is 0. The van der Waals surface area contributed by atoms with Gasteiger partial charge in [0.15, 0.2) is 0 Å². The molecule has 6 aromatic carbocycles. The molecule has 0 amide bonds. The van der Waals surface area contributed by atoms with Gasteiger partial charge in [-0.25, -0.2) is 0 Å². The lowest BCUT2D eigenvalue weighted by Crippen LogP contribution is -2.83. The van der Waals surface area contributed by atoms with Crippen LogP contribution in [0.4, 0.5) is 0 Å². The zero-order valence-electron chi connectivity index (χ0n) is 23.8. The van der Waals surface area contributed by atoms with Crippen LogP contribution in [0.15, 0.2) is 182 Å². The van der Waals surface area contributed by atoms with Crippen LogP contribution in [0.1, 0.15) is 0 Å². The van der Waals surface area contributed by atoms with Crippen molar-refractivity contribution in [3.05, 3.63) is 182 Å². The SMILES string of the molecule is c1ccc(O[Si](Oc2ccccc2)(Oc2ccccc2)[Si](Oc2ccccc2)(Oc2ccccc2)Oc2ccccc2)cc1. The second kappa shape index (κ2) is 13.7. The predicted octanol–water partition coefficient (Wildman–Crippen LogP) is 8.42. The molecule has 0 saturated carbocycles. The first-order valence-corrected chi connectivity index (χ1v) is 18.6. The van der Waals surface area contributed by atoms with Crippen molar-refractivity contribution in [3.63, 3.8) is 0 Å². The Bertz CT molecular complexity index is 1360. The fourth-order valence-electron chi connectivity index (χ4n) is 4.36. The molecular weight excluding hydrogens is 585 g/mol. The van der Waals surface area contributed by atoms with Crippen molar-refractivity contribution >= 4 is 16.6 Å². The van der Waals surface area contributed by atoms with E-state index < -0.39 is 16.6 Å². The third-order valence-electron chi connectivity index (χ3n) is 6.35. The first kappa shape index (κ1) is 28.7. The minimum Gasteiger partial charge on any atom is -0.479 e. The molecule has 0 aliphatic rings. The van der Waals surface area contributed by atoms with Crippen LogP contribution in [-0.4, -0.2) is 16.6 Å². The van der Waals surface area contributed by atoms with E-state index in [2.05, 4.69) is 0 Å². The lowest BCUT2D eigenvalue weighted by atomic mass is 10.3. The van der Waals surface area contributed by atoms with E-state index in [0.717, 1.165) is 0 Å². The van der Waals surface area contributed by atoms with Gasteiger partial charge in [0.2, 0.25) is 0 Å². The molecule has 0 atom stereocenters. The molecule has 0 aliphatic heterocycles. The van der Waals surface area contributed by atoms with Crippen LogP contribution in [0.5, 0.6) is 34.5 Å². The van der Waals surface area contributed by atoms with Crippen LogP contribution in [0, 0.1) is 0 Å². The zero-order valence-corrected chi connectivity index (χ0v) is 25.8. The molecule has 0 fully saturated rings. The van der Waals surface area contributed by atoms with Gasteiger partial charge in [-0.05, 0) is 72.8 Å². The van der Waals surface area contributed by atoms with Gasteiger partial charge in [-0.2, -0.15) is 0 Å². The monoisotopic (exact) mass is 614 g/mol. The predicted molar refractivity (Wildman–Crippen MR) is 174 cm³/mol.